The molecule has 47 heavy (non-hydrogen) atoms. The number of likely N-dealkylation sites (N-methyl/N-ethyl adjacent to an activating group) is 1. The van der Waals surface area contributed by atoms with Crippen molar-refractivity contribution in [2.24, 2.45) is 0 Å². The number of carbonyl (C=O) groups is 2. The van der Waals surface area contributed by atoms with Crippen molar-refractivity contribution < 1.29 is 24.4 Å². The van der Waals surface area contributed by atoms with E-state index in [2.05, 4.69) is 118 Å². The van der Waals surface area contributed by atoms with Gasteiger partial charge in [-0.25, -0.2) is 0 Å². The minimum absolute atomic E-state index is 0.0343. The van der Waals surface area contributed by atoms with Gasteiger partial charge in [0, 0.05) is 29.3 Å². The number of nitrogens with zero attached hydrogens (tertiary/aromatic N) is 3. The summed E-state index contributed by atoms with van der Waals surface area (Å²) in [5.74, 6) is -0.745. The molecule has 2 heterocycles. The van der Waals surface area contributed by atoms with Gasteiger partial charge in [-0.2, -0.15) is 0 Å². The molecule has 1 unspecified atom stereocenters. The average Bonchev–Trinajstić information content (AvgIpc) is 3.58. The smallest absolute Gasteiger partial charge is 0.307 e. The highest BCUT2D eigenvalue weighted by atomic mass is 16.4. The lowest BCUT2D eigenvalue weighted by Gasteiger charge is -2.35. The highest BCUT2D eigenvalue weighted by Gasteiger charge is 2.51. The van der Waals surface area contributed by atoms with E-state index in [9.17, 15) is 19.8 Å². The molecule has 2 aliphatic heterocycles. The van der Waals surface area contributed by atoms with Gasteiger partial charge < -0.3 is 15.1 Å². The Bertz CT molecular complexity index is 2050. The van der Waals surface area contributed by atoms with Gasteiger partial charge in [0.1, 0.15) is 13.1 Å². The van der Waals surface area contributed by atoms with Crippen molar-refractivity contribution >= 4 is 45.0 Å². The first-order chi connectivity index (χ1) is 22.9. The summed E-state index contributed by atoms with van der Waals surface area (Å²) in [4.78, 5) is 28.3. The Hall–Kier alpha value is -5.43. The maximum atomic E-state index is 12.2. The monoisotopic (exact) mass is 624 g/mol. The van der Waals surface area contributed by atoms with E-state index in [-0.39, 0.29) is 19.4 Å². The fourth-order valence-corrected chi connectivity index (χ4v) is 7.67. The van der Waals surface area contributed by atoms with Crippen molar-refractivity contribution in [3.8, 4) is 0 Å². The second-order valence-electron chi connectivity index (χ2n) is 12.5. The minimum Gasteiger partial charge on any atom is -0.481 e. The van der Waals surface area contributed by atoms with Crippen LogP contribution in [0.15, 0.2) is 121 Å². The highest BCUT2D eigenvalue weighted by Crippen LogP contribution is 2.58. The highest BCUT2D eigenvalue weighted by molar-refractivity contribution is 6.18. The summed E-state index contributed by atoms with van der Waals surface area (Å²) in [6.07, 6.45) is 2.86. The molecular weight excluding hydrogens is 586 g/mol. The van der Waals surface area contributed by atoms with E-state index in [1.54, 1.807) is 0 Å². The van der Waals surface area contributed by atoms with Gasteiger partial charge in [0.2, 0.25) is 0 Å². The molecule has 7 rings (SSSR count). The summed E-state index contributed by atoms with van der Waals surface area (Å²) < 4.78 is 2.18. The second-order valence-corrected chi connectivity index (χ2v) is 12.5. The lowest BCUT2D eigenvalue weighted by atomic mass is 9.68. The van der Waals surface area contributed by atoms with Crippen molar-refractivity contribution in [3.05, 3.63) is 138 Å². The molecule has 7 heteroatoms. The zero-order valence-corrected chi connectivity index (χ0v) is 26.5. The number of aliphatic carboxylic acids is 2. The van der Waals surface area contributed by atoms with Crippen molar-refractivity contribution in [2.75, 3.05) is 38.1 Å². The number of carboxylic acids is 2. The molecule has 0 amide bonds. The van der Waals surface area contributed by atoms with Crippen LogP contribution in [0.4, 0.5) is 5.69 Å². The molecule has 2 N–H and O–H groups in total. The zero-order chi connectivity index (χ0) is 32.5. The van der Waals surface area contributed by atoms with Crippen LogP contribution in [0.25, 0.3) is 21.5 Å². The van der Waals surface area contributed by atoms with Gasteiger partial charge in [-0.1, -0.05) is 109 Å². The Morgan fingerprint density at radius 1 is 0.745 bits per heavy atom. The number of allylic oxidation sites excluding steroid dienone is 1. The predicted molar refractivity (Wildman–Crippen MR) is 186 cm³/mol. The van der Waals surface area contributed by atoms with E-state index in [0.29, 0.717) is 19.5 Å². The second kappa shape index (κ2) is 12.4. The lowest BCUT2D eigenvalue weighted by molar-refractivity contribution is -0.485. The number of benzene rings is 5. The first kappa shape index (κ1) is 30.2. The van der Waals surface area contributed by atoms with Crippen LogP contribution in [0.3, 0.4) is 0 Å². The van der Waals surface area contributed by atoms with Gasteiger partial charge in [-0.3, -0.25) is 19.1 Å². The molecule has 236 valence electrons. The molecule has 0 spiro atoms. The Morgan fingerprint density at radius 2 is 1.30 bits per heavy atom. The molecule has 7 nitrogen and oxygen atoms in total. The van der Waals surface area contributed by atoms with Crippen LogP contribution in [-0.2, 0) is 21.4 Å². The van der Waals surface area contributed by atoms with Crippen LogP contribution in [0.2, 0.25) is 0 Å². The van der Waals surface area contributed by atoms with Gasteiger partial charge in [0.15, 0.2) is 0 Å². The predicted octanol–water partition coefficient (Wildman–Crippen LogP) is 6.53. The van der Waals surface area contributed by atoms with Gasteiger partial charge in [-0.15, -0.1) is 0 Å². The topological polar surface area (TPSA) is 84.1 Å². The largest absolute Gasteiger partial charge is 0.481 e. The normalized spacial score (nSPS) is 18.4. The van der Waals surface area contributed by atoms with Crippen molar-refractivity contribution in [1.29, 1.82) is 0 Å². The van der Waals surface area contributed by atoms with Gasteiger partial charge in [-0.05, 0) is 33.7 Å². The summed E-state index contributed by atoms with van der Waals surface area (Å²) >= 11 is 0. The molecule has 0 saturated carbocycles. The van der Waals surface area contributed by atoms with Crippen LogP contribution in [0, 0.1) is 0 Å². The van der Waals surface area contributed by atoms with E-state index in [1.807, 2.05) is 19.2 Å². The average molecular weight is 625 g/mol. The van der Waals surface area contributed by atoms with Gasteiger partial charge >= 0.3 is 11.9 Å². The van der Waals surface area contributed by atoms with E-state index in [0.717, 1.165) is 62.0 Å². The number of amidine groups is 1. The molecule has 2 aliphatic rings. The van der Waals surface area contributed by atoms with Crippen LogP contribution in [0.5, 0.6) is 0 Å². The molecule has 0 aromatic heterocycles. The number of rotatable bonds is 10. The Balaban J connectivity index is 1.63. The summed E-state index contributed by atoms with van der Waals surface area (Å²) in [7, 11) is 2.04. The number of anilines is 1. The molecule has 0 bridgehead atoms. The molecule has 0 radical (unpaired) electrons. The van der Waals surface area contributed by atoms with E-state index in [4.69, 9.17) is 0 Å². The fourth-order valence-electron chi connectivity index (χ4n) is 7.67. The third kappa shape index (κ3) is 5.31. The van der Waals surface area contributed by atoms with E-state index < -0.39 is 17.4 Å². The molecule has 0 fully saturated rings. The quantitative estimate of drug-likeness (QED) is 0.136. The maximum Gasteiger partial charge on any atom is 0.307 e. The minimum atomic E-state index is -0.856. The third-order valence-electron chi connectivity index (χ3n) is 9.74. The zero-order valence-electron chi connectivity index (χ0n) is 26.5. The number of fused-ring (bicyclic) bond motifs is 6. The van der Waals surface area contributed by atoms with Crippen molar-refractivity contribution in [3.63, 3.8) is 0 Å². The molecular formula is C40H38N3O4+. The summed E-state index contributed by atoms with van der Waals surface area (Å²) in [6.45, 7) is 2.16. The first-order valence-corrected chi connectivity index (χ1v) is 16.2. The Labute approximate surface area is 274 Å². The first-order valence-electron chi connectivity index (χ1n) is 16.2. The summed E-state index contributed by atoms with van der Waals surface area (Å²) in [6, 6.07) is 38.1. The third-order valence-corrected chi connectivity index (χ3v) is 9.74. The van der Waals surface area contributed by atoms with Crippen LogP contribution in [0.1, 0.15) is 29.5 Å². The maximum absolute atomic E-state index is 12.2. The molecule has 1 atom stereocenters. The van der Waals surface area contributed by atoms with Crippen LogP contribution in [-0.4, -0.2) is 70.7 Å². The van der Waals surface area contributed by atoms with E-state index >= 15 is 0 Å². The van der Waals surface area contributed by atoms with Crippen molar-refractivity contribution in [2.45, 2.75) is 24.7 Å². The summed E-state index contributed by atoms with van der Waals surface area (Å²) in [5.41, 5.74) is 4.77. The number of carboxylic acid groups (broad SMARTS) is 2. The summed E-state index contributed by atoms with van der Waals surface area (Å²) in [5, 5.41) is 24.1. The lowest BCUT2D eigenvalue weighted by Crippen LogP contribution is -2.38. The Kier molecular flexibility index (Phi) is 7.98. The van der Waals surface area contributed by atoms with Gasteiger partial charge in [0.25, 0.3) is 5.84 Å². The number of hydrogen-bond acceptors (Lipinski definition) is 4. The standard InChI is InChI=1S/C40H37N3O4/c1-41-24-25-42(22-20-36(44)45)35(41)26-34-40(29-14-6-3-7-15-29,27-28-12-4-2-5-13-28)38-32-18-10-8-16-30(32)31-17-9-11-19-33(31)39(38)43(34)23-21-37(46)47/h2-19,26H,20-25,27H2,1H3,(H-,44,45,46,47)/p+1. The molecule has 0 saturated heterocycles. The Morgan fingerprint density at radius 3 is 1.96 bits per heavy atom. The number of hydrogen-bond donors (Lipinski definition) is 2. The molecule has 0 aliphatic carbocycles. The van der Waals surface area contributed by atoms with Crippen LogP contribution >= 0.6 is 0 Å². The molecule has 5 aromatic rings. The van der Waals surface area contributed by atoms with Gasteiger partial charge in [0.05, 0.1) is 37.5 Å². The SMILES string of the molecule is C[N+]1=C(/C=C2/N(CCC(=O)O)c3c(c4ccccc4c4ccccc34)C2(Cc2ccccc2)c2ccccc2)N(CCC(=O)O)CC1. The van der Waals surface area contributed by atoms with E-state index in [1.165, 1.54) is 0 Å². The molecule has 5 aromatic carbocycles. The van der Waals surface area contributed by atoms with Crippen molar-refractivity contribution in [1.82, 2.24) is 4.90 Å². The fraction of sp³-hybridized carbons (Fsp3) is 0.225. The van der Waals surface area contributed by atoms with Crippen LogP contribution < -0.4 is 4.90 Å².